The fraction of sp³-hybridized carbons (Fsp3) is 0.424. The van der Waals surface area contributed by atoms with Crippen LogP contribution in [0.5, 0.6) is 5.75 Å². The van der Waals surface area contributed by atoms with E-state index in [1.54, 1.807) is 20.2 Å². The predicted octanol–water partition coefficient (Wildman–Crippen LogP) is 2.62. The molecule has 2 fully saturated rings. The van der Waals surface area contributed by atoms with E-state index < -0.39 is 58.0 Å². The molecule has 0 aromatic heterocycles. The molecule has 10 heteroatoms. The van der Waals surface area contributed by atoms with Crippen LogP contribution in [0, 0.1) is 11.8 Å². The number of hydrogen-bond donors (Lipinski definition) is 5. The number of aromatic hydroxyl groups is 1. The molecule has 6 N–H and O–H groups in total. The van der Waals surface area contributed by atoms with E-state index in [4.69, 9.17) is 5.73 Å². The van der Waals surface area contributed by atoms with Gasteiger partial charge < -0.3 is 26.2 Å². The van der Waals surface area contributed by atoms with Gasteiger partial charge in [0.25, 0.3) is 5.91 Å². The molecule has 3 aliphatic carbocycles. The van der Waals surface area contributed by atoms with Gasteiger partial charge >= 0.3 is 0 Å². The smallest absolute Gasteiger partial charge is 0.255 e. The summed E-state index contributed by atoms with van der Waals surface area (Å²) in [4.78, 5) is 43.4. The zero-order valence-electron chi connectivity index (χ0n) is 24.3. The minimum Gasteiger partial charge on any atom is -0.508 e. The number of likely N-dealkylation sites (tertiary alicyclic amines) is 1. The maximum absolute atomic E-state index is 14.0. The maximum Gasteiger partial charge on any atom is 0.255 e. The highest BCUT2D eigenvalue weighted by molar-refractivity contribution is 6.24. The monoisotopic (exact) mass is 587 g/mol. The van der Waals surface area contributed by atoms with Crippen molar-refractivity contribution in [2.75, 3.05) is 27.2 Å². The number of aliphatic hydroxyl groups excluding tert-OH is 2. The van der Waals surface area contributed by atoms with Crippen molar-refractivity contribution in [1.29, 1.82) is 0 Å². The molecule has 226 valence electrons. The second-order valence-corrected chi connectivity index (χ2v) is 12.5. The van der Waals surface area contributed by atoms with Crippen molar-refractivity contribution < 1.29 is 34.8 Å². The Kier molecular flexibility index (Phi) is 7.19. The number of nitrogens with two attached hydrogens (primary N) is 1. The summed E-state index contributed by atoms with van der Waals surface area (Å²) in [5, 5.41) is 45.2. The Morgan fingerprint density at radius 3 is 2.33 bits per heavy atom. The largest absolute Gasteiger partial charge is 0.508 e. The molecule has 0 bridgehead atoms. The third-order valence-corrected chi connectivity index (χ3v) is 9.72. The average molecular weight is 588 g/mol. The van der Waals surface area contributed by atoms with Gasteiger partial charge in [-0.25, -0.2) is 0 Å². The van der Waals surface area contributed by atoms with E-state index in [9.17, 15) is 34.8 Å². The standard InChI is InChI=1S/C33H37N3O7/c1-35(2)27-22-15-19-14-21-20(18-8-6-17(7-9-18)16-36-12-4-3-5-13-36)10-11-23(37)25(21)28(38)24(19)30(40)33(22,43)31(41)26(29(27)39)32(34)42/h6-11,19,22,27,37-38,41,43H,3-5,12-16H2,1-2H3,(H2,34,42)/t19-,22-,27-,33-/m0/s1. The van der Waals surface area contributed by atoms with E-state index >= 15 is 0 Å². The number of rotatable bonds is 5. The van der Waals surface area contributed by atoms with E-state index in [-0.39, 0.29) is 29.7 Å². The molecule has 0 unspecified atom stereocenters. The number of carbonyl (C=O) groups is 3. The van der Waals surface area contributed by atoms with Crippen molar-refractivity contribution in [1.82, 2.24) is 9.80 Å². The number of carbonyl (C=O) groups excluding carboxylic acids is 3. The number of piperidine rings is 1. The average Bonchev–Trinajstić information content (AvgIpc) is 2.96. The van der Waals surface area contributed by atoms with Crippen molar-refractivity contribution in [2.24, 2.45) is 17.6 Å². The van der Waals surface area contributed by atoms with Gasteiger partial charge in [-0.3, -0.25) is 24.2 Å². The lowest BCUT2D eigenvalue weighted by Gasteiger charge is -2.50. The van der Waals surface area contributed by atoms with Gasteiger partial charge in [0.15, 0.2) is 11.4 Å². The minimum absolute atomic E-state index is 0.0512. The Morgan fingerprint density at radius 2 is 1.70 bits per heavy atom. The van der Waals surface area contributed by atoms with Crippen molar-refractivity contribution >= 4 is 23.2 Å². The van der Waals surface area contributed by atoms with Gasteiger partial charge in [0.1, 0.15) is 22.8 Å². The fourth-order valence-electron chi connectivity index (χ4n) is 7.68. The molecule has 2 aromatic carbocycles. The first-order chi connectivity index (χ1) is 20.4. The quantitative estimate of drug-likeness (QED) is 0.331. The number of primary amides is 1. The Morgan fingerprint density at radius 1 is 1.02 bits per heavy atom. The molecule has 6 rings (SSSR count). The number of likely N-dealkylation sites (N-methyl/N-ethyl adjacent to an activating group) is 1. The molecule has 43 heavy (non-hydrogen) atoms. The van der Waals surface area contributed by atoms with Crippen LogP contribution in [-0.2, 0) is 27.3 Å². The topological polar surface area (TPSA) is 165 Å². The number of benzene rings is 2. The molecule has 4 aliphatic rings. The summed E-state index contributed by atoms with van der Waals surface area (Å²) in [6.45, 7) is 3.06. The van der Waals surface area contributed by atoms with Crippen molar-refractivity contribution in [3.05, 3.63) is 70.0 Å². The zero-order valence-corrected chi connectivity index (χ0v) is 24.3. The van der Waals surface area contributed by atoms with Gasteiger partial charge in [-0.1, -0.05) is 36.8 Å². The normalized spacial score (nSPS) is 27.7. The Bertz CT molecular complexity index is 1590. The molecule has 10 nitrogen and oxygen atoms in total. The van der Waals surface area contributed by atoms with Crippen molar-refractivity contribution in [3.8, 4) is 16.9 Å². The van der Waals surface area contributed by atoms with Gasteiger partial charge in [-0.05, 0) is 87.1 Å². The lowest BCUT2D eigenvalue weighted by molar-refractivity contribution is -0.153. The molecule has 1 saturated carbocycles. The van der Waals surface area contributed by atoms with Gasteiger partial charge in [0.05, 0.1) is 11.6 Å². The number of nitrogens with zero attached hydrogens (tertiary/aromatic N) is 2. The molecule has 1 saturated heterocycles. The fourth-order valence-corrected chi connectivity index (χ4v) is 7.68. The van der Waals surface area contributed by atoms with Crippen molar-refractivity contribution in [2.45, 2.75) is 50.3 Å². The van der Waals surface area contributed by atoms with Crippen LogP contribution in [-0.4, -0.2) is 86.5 Å². The second-order valence-electron chi connectivity index (χ2n) is 12.5. The Balaban J connectivity index is 1.42. The lowest BCUT2D eigenvalue weighted by atomic mass is 9.57. The molecule has 4 atom stereocenters. The molecule has 1 amide bonds. The number of aliphatic hydroxyl groups is 3. The Hall–Kier alpha value is -3.99. The number of hydrogen-bond acceptors (Lipinski definition) is 9. The SMILES string of the molecule is CN(C)[C@@H]1C(=O)C(C(N)=O)=C(O)[C@@]2(O)C(=O)C3=C(O)c4c(O)ccc(-c5ccc(CN6CCCCC6)cc5)c4C[C@H]3C[C@@H]12. The molecular formula is C33H37N3O7. The number of phenols is 1. The highest BCUT2D eigenvalue weighted by Gasteiger charge is 2.64. The van der Waals surface area contributed by atoms with Crippen LogP contribution in [0.2, 0.25) is 0 Å². The maximum atomic E-state index is 14.0. The third-order valence-electron chi connectivity index (χ3n) is 9.72. The van der Waals surface area contributed by atoms with Crippen LogP contribution < -0.4 is 5.73 Å². The van der Waals surface area contributed by atoms with E-state index in [0.717, 1.165) is 30.8 Å². The predicted molar refractivity (Wildman–Crippen MR) is 159 cm³/mol. The number of ketones is 2. The first kappa shape index (κ1) is 29.1. The van der Waals surface area contributed by atoms with Gasteiger partial charge in [-0.15, -0.1) is 0 Å². The third kappa shape index (κ3) is 4.47. The highest BCUT2D eigenvalue weighted by Crippen LogP contribution is 2.53. The summed E-state index contributed by atoms with van der Waals surface area (Å²) in [7, 11) is 3.16. The molecule has 0 radical (unpaired) electrons. The summed E-state index contributed by atoms with van der Waals surface area (Å²) < 4.78 is 0. The molecule has 0 spiro atoms. The minimum atomic E-state index is -2.65. The first-order valence-electron chi connectivity index (χ1n) is 14.8. The number of fused-ring (bicyclic) bond motifs is 3. The summed E-state index contributed by atoms with van der Waals surface area (Å²) >= 11 is 0. The van der Waals surface area contributed by atoms with E-state index in [2.05, 4.69) is 17.0 Å². The lowest BCUT2D eigenvalue weighted by Crippen LogP contribution is -2.65. The summed E-state index contributed by atoms with van der Waals surface area (Å²) in [6.07, 6.45) is 3.99. The van der Waals surface area contributed by atoms with E-state index in [1.165, 1.54) is 35.8 Å². The first-order valence-corrected chi connectivity index (χ1v) is 14.8. The number of phenolic OH excluding ortho intramolecular Hbond substituents is 1. The van der Waals surface area contributed by atoms with Crippen LogP contribution in [0.25, 0.3) is 16.9 Å². The summed E-state index contributed by atoms with van der Waals surface area (Å²) in [5.41, 5.74) is 5.37. The van der Waals surface area contributed by atoms with Crippen LogP contribution in [0.1, 0.15) is 42.4 Å². The molecule has 1 aliphatic heterocycles. The highest BCUT2D eigenvalue weighted by atomic mass is 16.3. The summed E-state index contributed by atoms with van der Waals surface area (Å²) in [5.74, 6) is -6.58. The number of amides is 1. The van der Waals surface area contributed by atoms with Crippen LogP contribution in [0.3, 0.4) is 0 Å². The second kappa shape index (κ2) is 10.6. The Labute approximate surface area is 249 Å². The van der Waals surface area contributed by atoms with Crippen LogP contribution in [0.15, 0.2) is 53.3 Å². The van der Waals surface area contributed by atoms with Gasteiger partial charge in [0.2, 0.25) is 5.78 Å². The van der Waals surface area contributed by atoms with Crippen LogP contribution in [0.4, 0.5) is 0 Å². The number of Topliss-reactive ketones (excluding diaryl/α,β-unsaturated/α-hetero) is 2. The van der Waals surface area contributed by atoms with Gasteiger partial charge in [0, 0.05) is 18.0 Å². The van der Waals surface area contributed by atoms with Crippen LogP contribution >= 0.6 is 0 Å². The van der Waals surface area contributed by atoms with E-state index in [1.807, 2.05) is 12.1 Å². The zero-order chi connectivity index (χ0) is 30.8. The van der Waals surface area contributed by atoms with Gasteiger partial charge in [-0.2, -0.15) is 0 Å². The summed E-state index contributed by atoms with van der Waals surface area (Å²) in [6, 6.07) is 10.3. The molecular weight excluding hydrogens is 550 g/mol. The molecule has 1 heterocycles. The van der Waals surface area contributed by atoms with E-state index in [0.29, 0.717) is 5.56 Å². The molecule has 2 aromatic rings. The van der Waals surface area contributed by atoms with Crippen molar-refractivity contribution in [3.63, 3.8) is 0 Å².